The number of para-hydroxylation sites is 1. The van der Waals surface area contributed by atoms with E-state index in [1.807, 2.05) is 43.3 Å². The number of aromatic nitrogens is 1. The molecule has 0 bridgehead atoms. The number of benzene rings is 1. The number of nitrogens with zero attached hydrogens (tertiary/aromatic N) is 1. The second kappa shape index (κ2) is 7.79. The molecule has 0 aliphatic heterocycles. The van der Waals surface area contributed by atoms with Gasteiger partial charge in [0, 0.05) is 17.8 Å². The van der Waals surface area contributed by atoms with Gasteiger partial charge in [-0.3, -0.25) is 4.98 Å². The number of hydrogen-bond acceptors (Lipinski definition) is 3. The molecule has 0 atom stereocenters. The third-order valence-electron chi connectivity index (χ3n) is 3.16. The summed E-state index contributed by atoms with van der Waals surface area (Å²) >= 11 is 0. The molecule has 1 aromatic heterocycles. The normalized spacial score (nSPS) is 10.9. The summed E-state index contributed by atoms with van der Waals surface area (Å²) in [6.45, 7) is 8.75. The molecule has 0 fully saturated rings. The molecule has 112 valence electrons. The van der Waals surface area contributed by atoms with Crippen molar-refractivity contribution in [2.45, 2.75) is 33.9 Å². The quantitative estimate of drug-likeness (QED) is 0.841. The van der Waals surface area contributed by atoms with Crippen molar-refractivity contribution in [2.75, 3.05) is 6.54 Å². The third kappa shape index (κ3) is 5.20. The number of pyridine rings is 1. The molecule has 1 aromatic carbocycles. The Morgan fingerprint density at radius 3 is 2.67 bits per heavy atom. The highest BCUT2D eigenvalue weighted by Gasteiger charge is 2.04. The van der Waals surface area contributed by atoms with Gasteiger partial charge in [-0.1, -0.05) is 38.1 Å². The monoisotopic (exact) mass is 284 g/mol. The lowest BCUT2D eigenvalue weighted by atomic mass is 10.2. The zero-order valence-electron chi connectivity index (χ0n) is 13.1. The summed E-state index contributed by atoms with van der Waals surface area (Å²) in [4.78, 5) is 4.46. The molecule has 0 aliphatic carbocycles. The van der Waals surface area contributed by atoms with Crippen molar-refractivity contribution in [3.63, 3.8) is 0 Å². The fourth-order valence-corrected chi connectivity index (χ4v) is 2.12. The van der Waals surface area contributed by atoms with Crippen LogP contribution in [0.4, 0.5) is 0 Å². The molecule has 0 aliphatic rings. The molecule has 21 heavy (non-hydrogen) atoms. The first-order chi connectivity index (χ1) is 10.1. The van der Waals surface area contributed by atoms with E-state index in [0.717, 1.165) is 30.2 Å². The molecule has 0 unspecified atom stereocenters. The van der Waals surface area contributed by atoms with Crippen molar-refractivity contribution in [3.8, 4) is 5.75 Å². The summed E-state index contributed by atoms with van der Waals surface area (Å²) < 4.78 is 5.93. The number of hydrogen-bond donors (Lipinski definition) is 1. The summed E-state index contributed by atoms with van der Waals surface area (Å²) in [5.41, 5.74) is 3.16. The molecule has 0 saturated carbocycles. The van der Waals surface area contributed by atoms with Gasteiger partial charge in [0.15, 0.2) is 0 Å². The average molecular weight is 284 g/mol. The Morgan fingerprint density at radius 2 is 1.90 bits per heavy atom. The van der Waals surface area contributed by atoms with Crippen LogP contribution in [0.15, 0.2) is 42.5 Å². The number of ether oxygens (including phenoxy) is 1. The zero-order valence-corrected chi connectivity index (χ0v) is 13.1. The molecule has 3 heteroatoms. The molecule has 1 N–H and O–H groups in total. The van der Waals surface area contributed by atoms with E-state index in [4.69, 9.17) is 4.74 Å². The summed E-state index contributed by atoms with van der Waals surface area (Å²) in [6, 6.07) is 14.2. The highest BCUT2D eigenvalue weighted by atomic mass is 16.5. The maximum absolute atomic E-state index is 5.93. The number of rotatable bonds is 7. The highest BCUT2D eigenvalue weighted by molar-refractivity contribution is 5.33. The van der Waals surface area contributed by atoms with Gasteiger partial charge in [-0.25, -0.2) is 0 Å². The molecule has 2 rings (SSSR count). The van der Waals surface area contributed by atoms with Gasteiger partial charge >= 0.3 is 0 Å². The van der Waals surface area contributed by atoms with Gasteiger partial charge in [0.05, 0.1) is 5.69 Å². The summed E-state index contributed by atoms with van der Waals surface area (Å²) in [5, 5.41) is 3.45. The highest BCUT2D eigenvalue weighted by Crippen LogP contribution is 2.19. The molecular formula is C18H24N2O. The number of aryl methyl sites for hydroxylation is 1. The molecule has 0 amide bonds. The lowest BCUT2D eigenvalue weighted by molar-refractivity contribution is 0.297. The Hall–Kier alpha value is -1.87. The Balaban J connectivity index is 1.96. The summed E-state index contributed by atoms with van der Waals surface area (Å²) in [7, 11) is 0. The van der Waals surface area contributed by atoms with Gasteiger partial charge in [-0.2, -0.15) is 0 Å². The standard InChI is InChI=1S/C18H24N2O/c1-14(2)11-19-12-16-8-4-5-10-18(16)21-13-17-9-6-7-15(3)20-17/h4-10,14,19H,11-13H2,1-3H3. The molecule has 2 aromatic rings. The minimum absolute atomic E-state index is 0.503. The second-order valence-electron chi connectivity index (χ2n) is 5.69. The summed E-state index contributed by atoms with van der Waals surface area (Å²) in [6.07, 6.45) is 0. The molecule has 0 radical (unpaired) electrons. The first kappa shape index (κ1) is 15.5. The van der Waals surface area contributed by atoms with Crippen molar-refractivity contribution >= 4 is 0 Å². The van der Waals surface area contributed by atoms with E-state index in [9.17, 15) is 0 Å². The molecule has 0 spiro atoms. The van der Waals surface area contributed by atoms with Crippen LogP contribution in [0.3, 0.4) is 0 Å². The van der Waals surface area contributed by atoms with Gasteiger partial charge < -0.3 is 10.1 Å². The van der Waals surface area contributed by atoms with Crippen LogP contribution in [0, 0.1) is 12.8 Å². The van der Waals surface area contributed by atoms with Crippen LogP contribution >= 0.6 is 0 Å². The van der Waals surface area contributed by atoms with Crippen LogP contribution in [-0.2, 0) is 13.2 Å². The van der Waals surface area contributed by atoms with E-state index >= 15 is 0 Å². The lowest BCUT2D eigenvalue weighted by Gasteiger charge is -2.13. The van der Waals surface area contributed by atoms with Gasteiger partial charge in [0.25, 0.3) is 0 Å². The van der Waals surface area contributed by atoms with Crippen LogP contribution in [0.1, 0.15) is 30.8 Å². The van der Waals surface area contributed by atoms with Gasteiger partial charge in [0.1, 0.15) is 12.4 Å². The van der Waals surface area contributed by atoms with E-state index in [2.05, 4.69) is 30.2 Å². The Morgan fingerprint density at radius 1 is 1.10 bits per heavy atom. The van der Waals surface area contributed by atoms with Gasteiger partial charge in [0.2, 0.25) is 0 Å². The smallest absolute Gasteiger partial charge is 0.130 e. The first-order valence-corrected chi connectivity index (χ1v) is 7.49. The van der Waals surface area contributed by atoms with Crippen LogP contribution in [-0.4, -0.2) is 11.5 Å². The lowest BCUT2D eigenvalue weighted by Crippen LogP contribution is -2.19. The number of nitrogens with one attached hydrogen (secondary N) is 1. The van der Waals surface area contributed by atoms with E-state index in [1.165, 1.54) is 5.56 Å². The SMILES string of the molecule is Cc1cccc(COc2ccccc2CNCC(C)C)n1. The molecule has 1 heterocycles. The van der Waals surface area contributed by atoms with E-state index in [1.54, 1.807) is 0 Å². The first-order valence-electron chi connectivity index (χ1n) is 7.49. The van der Waals surface area contributed by atoms with Crippen molar-refractivity contribution in [1.82, 2.24) is 10.3 Å². The van der Waals surface area contributed by atoms with E-state index in [0.29, 0.717) is 12.5 Å². The average Bonchev–Trinajstić information content (AvgIpc) is 2.46. The zero-order chi connectivity index (χ0) is 15.1. The topological polar surface area (TPSA) is 34.1 Å². The third-order valence-corrected chi connectivity index (χ3v) is 3.16. The fourth-order valence-electron chi connectivity index (χ4n) is 2.12. The minimum atomic E-state index is 0.503. The Bertz CT molecular complexity index is 567. The molecular weight excluding hydrogens is 260 g/mol. The maximum atomic E-state index is 5.93. The van der Waals surface area contributed by atoms with E-state index in [-0.39, 0.29) is 0 Å². The summed E-state index contributed by atoms with van der Waals surface area (Å²) in [5.74, 6) is 1.58. The van der Waals surface area contributed by atoms with Crippen molar-refractivity contribution in [1.29, 1.82) is 0 Å². The Labute approximate surface area is 127 Å². The van der Waals surface area contributed by atoms with Crippen LogP contribution < -0.4 is 10.1 Å². The largest absolute Gasteiger partial charge is 0.487 e. The molecule has 0 saturated heterocycles. The minimum Gasteiger partial charge on any atom is -0.487 e. The van der Waals surface area contributed by atoms with Gasteiger partial charge in [-0.05, 0) is 37.6 Å². The van der Waals surface area contributed by atoms with Gasteiger partial charge in [-0.15, -0.1) is 0 Å². The van der Waals surface area contributed by atoms with Crippen molar-refractivity contribution in [2.24, 2.45) is 5.92 Å². The predicted octanol–water partition coefficient (Wildman–Crippen LogP) is 3.71. The van der Waals surface area contributed by atoms with Crippen molar-refractivity contribution < 1.29 is 4.74 Å². The Kier molecular flexibility index (Phi) is 5.76. The van der Waals surface area contributed by atoms with E-state index < -0.39 is 0 Å². The predicted molar refractivity (Wildman–Crippen MR) is 86.3 cm³/mol. The van der Waals surface area contributed by atoms with Crippen LogP contribution in [0.25, 0.3) is 0 Å². The van der Waals surface area contributed by atoms with Crippen LogP contribution in [0.2, 0.25) is 0 Å². The van der Waals surface area contributed by atoms with Crippen LogP contribution in [0.5, 0.6) is 5.75 Å². The molecule has 3 nitrogen and oxygen atoms in total. The maximum Gasteiger partial charge on any atom is 0.130 e. The van der Waals surface area contributed by atoms with Crippen molar-refractivity contribution in [3.05, 3.63) is 59.4 Å². The second-order valence-corrected chi connectivity index (χ2v) is 5.69. The fraction of sp³-hybridized carbons (Fsp3) is 0.389.